The molecule has 0 saturated heterocycles. The van der Waals surface area contributed by atoms with Crippen LogP contribution in [0.25, 0.3) is 0 Å². The molecule has 0 unspecified atom stereocenters. The lowest BCUT2D eigenvalue weighted by Gasteiger charge is -2.02. The SMILES string of the molecule is Cc1ccc(CCCC(=O)O)cc1O. The number of rotatable bonds is 4. The van der Waals surface area contributed by atoms with Gasteiger partial charge in [-0.1, -0.05) is 12.1 Å². The summed E-state index contributed by atoms with van der Waals surface area (Å²) in [6.45, 7) is 1.83. The van der Waals surface area contributed by atoms with Crippen molar-refractivity contribution in [1.82, 2.24) is 0 Å². The summed E-state index contributed by atoms with van der Waals surface area (Å²) in [7, 11) is 0. The normalized spacial score (nSPS) is 10.1. The molecule has 0 saturated carbocycles. The van der Waals surface area contributed by atoms with Gasteiger partial charge in [0.05, 0.1) is 0 Å². The monoisotopic (exact) mass is 194 g/mol. The van der Waals surface area contributed by atoms with Gasteiger partial charge in [0, 0.05) is 6.42 Å². The van der Waals surface area contributed by atoms with Gasteiger partial charge < -0.3 is 10.2 Å². The predicted molar refractivity (Wildman–Crippen MR) is 53.4 cm³/mol. The molecule has 0 aromatic heterocycles. The van der Waals surface area contributed by atoms with Crippen LogP contribution in [-0.4, -0.2) is 16.2 Å². The van der Waals surface area contributed by atoms with E-state index in [9.17, 15) is 9.90 Å². The highest BCUT2D eigenvalue weighted by Gasteiger charge is 2.00. The number of aryl methyl sites for hydroxylation is 2. The molecule has 0 heterocycles. The number of benzene rings is 1. The maximum absolute atomic E-state index is 10.3. The lowest BCUT2D eigenvalue weighted by molar-refractivity contribution is -0.137. The summed E-state index contributed by atoms with van der Waals surface area (Å²) in [6, 6.07) is 5.44. The molecule has 3 nitrogen and oxygen atoms in total. The van der Waals surface area contributed by atoms with Crippen LogP contribution < -0.4 is 0 Å². The summed E-state index contributed by atoms with van der Waals surface area (Å²) >= 11 is 0. The van der Waals surface area contributed by atoms with Gasteiger partial charge in [-0.15, -0.1) is 0 Å². The van der Waals surface area contributed by atoms with Gasteiger partial charge in [-0.2, -0.15) is 0 Å². The van der Waals surface area contributed by atoms with Crippen LogP contribution in [0.15, 0.2) is 18.2 Å². The van der Waals surface area contributed by atoms with E-state index < -0.39 is 5.97 Å². The predicted octanol–water partition coefficient (Wildman–Crippen LogP) is 2.11. The molecule has 3 heteroatoms. The third kappa shape index (κ3) is 3.09. The Morgan fingerprint density at radius 1 is 1.43 bits per heavy atom. The Morgan fingerprint density at radius 3 is 2.71 bits per heavy atom. The molecule has 1 rings (SSSR count). The number of carboxylic acids is 1. The Labute approximate surface area is 83.0 Å². The quantitative estimate of drug-likeness (QED) is 0.771. The summed E-state index contributed by atoms with van der Waals surface area (Å²) < 4.78 is 0. The molecule has 14 heavy (non-hydrogen) atoms. The lowest BCUT2D eigenvalue weighted by Crippen LogP contribution is -1.95. The van der Waals surface area contributed by atoms with Crippen LogP contribution in [0.3, 0.4) is 0 Å². The molecule has 0 aliphatic heterocycles. The van der Waals surface area contributed by atoms with Gasteiger partial charge in [0.2, 0.25) is 0 Å². The average molecular weight is 194 g/mol. The maximum Gasteiger partial charge on any atom is 0.303 e. The first kappa shape index (κ1) is 10.6. The van der Waals surface area contributed by atoms with Gasteiger partial charge in [0.15, 0.2) is 0 Å². The molecule has 0 bridgehead atoms. The van der Waals surface area contributed by atoms with Gasteiger partial charge in [-0.3, -0.25) is 4.79 Å². The fraction of sp³-hybridized carbons (Fsp3) is 0.364. The minimum atomic E-state index is -0.777. The van der Waals surface area contributed by atoms with Crippen LogP contribution >= 0.6 is 0 Å². The van der Waals surface area contributed by atoms with Crippen molar-refractivity contribution in [2.45, 2.75) is 26.2 Å². The van der Waals surface area contributed by atoms with Crippen LogP contribution in [0.4, 0.5) is 0 Å². The van der Waals surface area contributed by atoms with Gasteiger partial charge >= 0.3 is 5.97 Å². The van der Waals surface area contributed by atoms with Crippen molar-refractivity contribution in [1.29, 1.82) is 0 Å². The smallest absolute Gasteiger partial charge is 0.303 e. The standard InChI is InChI=1S/C11H14O3/c1-8-5-6-9(7-10(8)12)3-2-4-11(13)14/h5-7,12H,2-4H2,1H3,(H,13,14). The summed E-state index contributed by atoms with van der Waals surface area (Å²) in [4.78, 5) is 10.3. The Bertz CT molecular complexity index is 331. The van der Waals surface area contributed by atoms with Gasteiger partial charge in [-0.25, -0.2) is 0 Å². The van der Waals surface area contributed by atoms with E-state index in [0.29, 0.717) is 12.8 Å². The number of aliphatic carboxylic acids is 1. The Hall–Kier alpha value is -1.51. The molecule has 1 aromatic rings. The number of aromatic hydroxyl groups is 1. The van der Waals surface area contributed by atoms with Crippen molar-refractivity contribution < 1.29 is 15.0 Å². The van der Waals surface area contributed by atoms with E-state index in [1.165, 1.54) is 0 Å². The van der Waals surface area contributed by atoms with E-state index in [-0.39, 0.29) is 12.2 Å². The molecule has 0 spiro atoms. The first-order chi connectivity index (χ1) is 6.59. The number of phenolic OH excluding ortho intramolecular Hbond substituents is 1. The number of hydrogen-bond acceptors (Lipinski definition) is 2. The number of carbonyl (C=O) groups is 1. The topological polar surface area (TPSA) is 57.5 Å². The summed E-state index contributed by atoms with van der Waals surface area (Å²) in [5, 5.41) is 17.8. The third-order valence-electron chi connectivity index (χ3n) is 2.13. The van der Waals surface area contributed by atoms with E-state index in [1.807, 2.05) is 19.1 Å². The Kier molecular flexibility index (Phi) is 3.51. The van der Waals surface area contributed by atoms with E-state index in [0.717, 1.165) is 11.1 Å². The zero-order valence-electron chi connectivity index (χ0n) is 8.16. The van der Waals surface area contributed by atoms with Crippen LogP contribution in [0, 0.1) is 6.92 Å². The van der Waals surface area contributed by atoms with Gasteiger partial charge in [-0.05, 0) is 37.0 Å². The fourth-order valence-electron chi connectivity index (χ4n) is 1.25. The van der Waals surface area contributed by atoms with Crippen molar-refractivity contribution in [3.63, 3.8) is 0 Å². The van der Waals surface area contributed by atoms with Crippen molar-refractivity contribution in [3.8, 4) is 5.75 Å². The molecule has 0 aliphatic carbocycles. The molecular formula is C11H14O3. The highest BCUT2D eigenvalue weighted by molar-refractivity contribution is 5.66. The third-order valence-corrected chi connectivity index (χ3v) is 2.13. The zero-order valence-corrected chi connectivity index (χ0v) is 8.16. The van der Waals surface area contributed by atoms with Crippen LogP contribution in [-0.2, 0) is 11.2 Å². The van der Waals surface area contributed by atoms with Crippen molar-refractivity contribution in [2.75, 3.05) is 0 Å². The van der Waals surface area contributed by atoms with Crippen LogP contribution in [0.2, 0.25) is 0 Å². The zero-order chi connectivity index (χ0) is 10.6. The van der Waals surface area contributed by atoms with Gasteiger partial charge in [0.1, 0.15) is 5.75 Å². The molecule has 0 aliphatic rings. The van der Waals surface area contributed by atoms with Crippen LogP contribution in [0.5, 0.6) is 5.75 Å². The van der Waals surface area contributed by atoms with E-state index >= 15 is 0 Å². The molecule has 0 radical (unpaired) electrons. The molecule has 0 amide bonds. The molecule has 0 fully saturated rings. The Morgan fingerprint density at radius 2 is 2.14 bits per heavy atom. The van der Waals surface area contributed by atoms with Crippen molar-refractivity contribution >= 4 is 5.97 Å². The largest absolute Gasteiger partial charge is 0.508 e. The first-order valence-corrected chi connectivity index (χ1v) is 4.60. The molecule has 2 N–H and O–H groups in total. The van der Waals surface area contributed by atoms with Crippen molar-refractivity contribution in [2.24, 2.45) is 0 Å². The summed E-state index contributed by atoms with van der Waals surface area (Å²) in [5.41, 5.74) is 1.82. The maximum atomic E-state index is 10.3. The second-order valence-electron chi connectivity index (χ2n) is 3.37. The van der Waals surface area contributed by atoms with Crippen molar-refractivity contribution in [3.05, 3.63) is 29.3 Å². The molecule has 0 atom stereocenters. The highest BCUT2D eigenvalue weighted by atomic mass is 16.4. The van der Waals surface area contributed by atoms with E-state index in [2.05, 4.69) is 0 Å². The first-order valence-electron chi connectivity index (χ1n) is 4.60. The second-order valence-corrected chi connectivity index (χ2v) is 3.37. The number of phenols is 1. The second kappa shape index (κ2) is 4.65. The lowest BCUT2D eigenvalue weighted by atomic mass is 10.1. The Balaban J connectivity index is 2.51. The summed E-state index contributed by atoms with van der Waals surface area (Å²) in [5.74, 6) is -0.501. The fourth-order valence-corrected chi connectivity index (χ4v) is 1.25. The van der Waals surface area contributed by atoms with E-state index in [1.54, 1.807) is 6.07 Å². The van der Waals surface area contributed by atoms with Crippen LogP contribution in [0.1, 0.15) is 24.0 Å². The molecule has 1 aromatic carbocycles. The minimum absolute atomic E-state index is 0.175. The minimum Gasteiger partial charge on any atom is -0.508 e. The summed E-state index contributed by atoms with van der Waals surface area (Å²) in [6.07, 6.45) is 1.48. The number of hydrogen-bond donors (Lipinski definition) is 2. The highest BCUT2D eigenvalue weighted by Crippen LogP contribution is 2.18. The molecular weight excluding hydrogens is 180 g/mol. The number of carboxylic acid groups (broad SMARTS) is 1. The van der Waals surface area contributed by atoms with Gasteiger partial charge in [0.25, 0.3) is 0 Å². The molecule has 76 valence electrons. The van der Waals surface area contributed by atoms with E-state index in [4.69, 9.17) is 5.11 Å². The average Bonchev–Trinajstić information content (AvgIpc) is 2.10.